The lowest BCUT2D eigenvalue weighted by Crippen LogP contribution is -2.48. The number of para-hydroxylation sites is 2. The van der Waals surface area contributed by atoms with E-state index < -0.39 is 29.4 Å². The smallest absolute Gasteiger partial charge is 0.310 e. The van der Waals surface area contributed by atoms with Crippen molar-refractivity contribution in [3.05, 3.63) is 76.8 Å². The van der Waals surface area contributed by atoms with Crippen LogP contribution in [0.4, 0.5) is 5.69 Å². The van der Waals surface area contributed by atoms with Crippen molar-refractivity contribution in [2.24, 2.45) is 0 Å². The molecule has 0 aliphatic rings. The third kappa shape index (κ3) is 5.22. The molecule has 9 nitrogen and oxygen atoms in total. The normalized spacial score (nSPS) is 11.4. The number of carbonyl (C=O) groups is 2. The second-order valence-corrected chi connectivity index (χ2v) is 6.32. The summed E-state index contributed by atoms with van der Waals surface area (Å²) < 4.78 is 10.8. The van der Waals surface area contributed by atoms with Crippen molar-refractivity contribution in [3.8, 4) is 11.5 Å². The molecule has 2 N–H and O–H groups in total. The number of amides is 2. The van der Waals surface area contributed by atoms with Gasteiger partial charge in [-0.1, -0.05) is 42.5 Å². The first-order valence-electron chi connectivity index (χ1n) is 9.04. The topological polar surface area (TPSA) is 120 Å². The summed E-state index contributed by atoms with van der Waals surface area (Å²) >= 11 is 0. The number of fused-ring (bicyclic) bond motifs is 1. The predicted molar refractivity (Wildman–Crippen MR) is 109 cm³/mol. The molecule has 0 unspecified atom stereocenters. The molecule has 1 atom stereocenters. The van der Waals surface area contributed by atoms with Crippen LogP contribution in [0.1, 0.15) is 6.92 Å². The van der Waals surface area contributed by atoms with Gasteiger partial charge in [0.25, 0.3) is 11.8 Å². The minimum atomic E-state index is -0.873. The molecular formula is C21H19N3O6. The molecule has 0 saturated carbocycles. The summed E-state index contributed by atoms with van der Waals surface area (Å²) in [6.07, 6.45) is -0.873. The Morgan fingerprint density at radius 2 is 1.70 bits per heavy atom. The van der Waals surface area contributed by atoms with Crippen molar-refractivity contribution in [1.29, 1.82) is 0 Å². The number of nitro groups is 1. The van der Waals surface area contributed by atoms with Crippen LogP contribution < -0.4 is 20.3 Å². The molecular weight excluding hydrogens is 390 g/mol. The van der Waals surface area contributed by atoms with Gasteiger partial charge in [0.1, 0.15) is 5.75 Å². The second kappa shape index (κ2) is 9.37. The minimum Gasteiger partial charge on any atom is -0.481 e. The highest BCUT2D eigenvalue weighted by Crippen LogP contribution is 2.25. The summed E-state index contributed by atoms with van der Waals surface area (Å²) in [6, 6.07) is 18.9. The third-order valence-electron chi connectivity index (χ3n) is 4.15. The first kappa shape index (κ1) is 20.6. The van der Waals surface area contributed by atoms with Crippen molar-refractivity contribution in [2.45, 2.75) is 13.0 Å². The van der Waals surface area contributed by atoms with Crippen LogP contribution in [0.3, 0.4) is 0 Å². The minimum absolute atomic E-state index is 0.0445. The van der Waals surface area contributed by atoms with Gasteiger partial charge in [0.05, 0.1) is 4.92 Å². The molecule has 0 heterocycles. The van der Waals surface area contributed by atoms with Gasteiger partial charge in [0, 0.05) is 6.07 Å². The molecule has 0 radical (unpaired) electrons. The number of nitro benzene ring substituents is 1. The van der Waals surface area contributed by atoms with Crippen LogP contribution >= 0.6 is 0 Å². The van der Waals surface area contributed by atoms with Crippen LogP contribution in [-0.2, 0) is 9.59 Å². The summed E-state index contributed by atoms with van der Waals surface area (Å²) in [5.41, 5.74) is 4.16. The standard InChI is InChI=1S/C21H19N3O6/c1-14(30-17-11-10-15-6-2-3-7-16(15)12-17)21(26)23-22-20(25)13-29-19-9-5-4-8-18(19)24(27)28/h2-12,14H,13H2,1H3,(H,22,25)(H,23,26)/t14-/m1/s1. The molecule has 0 aromatic heterocycles. The van der Waals surface area contributed by atoms with Crippen molar-refractivity contribution >= 4 is 28.3 Å². The fourth-order valence-electron chi connectivity index (χ4n) is 2.64. The Labute approximate surface area is 171 Å². The number of ether oxygens (including phenoxy) is 2. The van der Waals surface area contributed by atoms with E-state index >= 15 is 0 Å². The molecule has 3 aromatic carbocycles. The maximum Gasteiger partial charge on any atom is 0.310 e. The average molecular weight is 409 g/mol. The molecule has 0 saturated heterocycles. The predicted octanol–water partition coefficient (Wildman–Crippen LogP) is 2.74. The van der Waals surface area contributed by atoms with Gasteiger partial charge in [-0.3, -0.25) is 30.6 Å². The van der Waals surface area contributed by atoms with Crippen molar-refractivity contribution < 1.29 is 24.0 Å². The Hall–Kier alpha value is -4.14. The monoisotopic (exact) mass is 409 g/mol. The zero-order chi connectivity index (χ0) is 21.5. The number of nitrogens with one attached hydrogen (secondary N) is 2. The molecule has 9 heteroatoms. The van der Waals surface area contributed by atoms with Gasteiger partial charge in [-0.25, -0.2) is 0 Å². The molecule has 0 spiro atoms. The SMILES string of the molecule is C[C@@H](Oc1ccc2ccccc2c1)C(=O)NNC(=O)COc1ccccc1[N+](=O)[O-]. The van der Waals surface area contributed by atoms with E-state index in [0.29, 0.717) is 5.75 Å². The molecule has 2 amide bonds. The van der Waals surface area contributed by atoms with Crippen LogP contribution in [0.25, 0.3) is 10.8 Å². The van der Waals surface area contributed by atoms with E-state index in [4.69, 9.17) is 9.47 Å². The maximum absolute atomic E-state index is 12.2. The zero-order valence-corrected chi connectivity index (χ0v) is 16.0. The van der Waals surface area contributed by atoms with E-state index in [1.165, 1.54) is 18.2 Å². The lowest BCUT2D eigenvalue weighted by Gasteiger charge is -2.15. The summed E-state index contributed by atoms with van der Waals surface area (Å²) in [7, 11) is 0. The number of carbonyl (C=O) groups excluding carboxylic acids is 2. The van der Waals surface area contributed by atoms with Gasteiger partial charge >= 0.3 is 5.69 Å². The Bertz CT molecular complexity index is 1090. The van der Waals surface area contributed by atoms with E-state index in [1.54, 1.807) is 19.1 Å². The Morgan fingerprint density at radius 3 is 2.47 bits per heavy atom. The van der Waals surface area contributed by atoms with Crippen LogP contribution in [-0.4, -0.2) is 29.4 Å². The molecule has 30 heavy (non-hydrogen) atoms. The van der Waals surface area contributed by atoms with Crippen LogP contribution in [0, 0.1) is 10.1 Å². The summed E-state index contributed by atoms with van der Waals surface area (Å²) in [5, 5.41) is 13.0. The Morgan fingerprint density at radius 1 is 1.00 bits per heavy atom. The fourth-order valence-corrected chi connectivity index (χ4v) is 2.64. The lowest BCUT2D eigenvalue weighted by atomic mass is 10.1. The number of rotatable bonds is 7. The quantitative estimate of drug-likeness (QED) is 0.457. The van der Waals surface area contributed by atoms with E-state index in [9.17, 15) is 19.7 Å². The lowest BCUT2D eigenvalue weighted by molar-refractivity contribution is -0.385. The largest absolute Gasteiger partial charge is 0.481 e. The molecule has 0 bridgehead atoms. The van der Waals surface area contributed by atoms with Crippen LogP contribution in [0.2, 0.25) is 0 Å². The number of hydrogen-bond donors (Lipinski definition) is 2. The van der Waals surface area contributed by atoms with Gasteiger partial charge in [-0.05, 0) is 35.9 Å². The van der Waals surface area contributed by atoms with Gasteiger partial charge < -0.3 is 9.47 Å². The van der Waals surface area contributed by atoms with E-state index in [-0.39, 0.29) is 11.4 Å². The van der Waals surface area contributed by atoms with E-state index in [2.05, 4.69) is 10.9 Å². The summed E-state index contributed by atoms with van der Waals surface area (Å²) in [4.78, 5) is 34.3. The summed E-state index contributed by atoms with van der Waals surface area (Å²) in [6.45, 7) is 1.03. The first-order chi connectivity index (χ1) is 14.4. The number of hydrogen-bond acceptors (Lipinski definition) is 6. The molecule has 154 valence electrons. The third-order valence-corrected chi connectivity index (χ3v) is 4.15. The van der Waals surface area contributed by atoms with E-state index in [0.717, 1.165) is 10.8 Å². The average Bonchev–Trinajstić information content (AvgIpc) is 2.76. The van der Waals surface area contributed by atoms with Crippen LogP contribution in [0.5, 0.6) is 11.5 Å². The highest BCUT2D eigenvalue weighted by molar-refractivity contribution is 5.86. The van der Waals surface area contributed by atoms with Gasteiger partial charge in [-0.15, -0.1) is 0 Å². The number of nitrogens with zero attached hydrogens (tertiary/aromatic N) is 1. The highest BCUT2D eigenvalue weighted by Gasteiger charge is 2.17. The van der Waals surface area contributed by atoms with Gasteiger partial charge in [-0.2, -0.15) is 0 Å². The summed E-state index contributed by atoms with van der Waals surface area (Å²) in [5.74, 6) is -0.777. The van der Waals surface area contributed by atoms with Crippen molar-refractivity contribution in [2.75, 3.05) is 6.61 Å². The Kier molecular flexibility index (Phi) is 6.43. The molecule has 0 aliphatic carbocycles. The molecule has 3 aromatic rings. The Balaban J connectivity index is 1.48. The molecule has 0 fully saturated rings. The number of hydrazine groups is 1. The van der Waals surface area contributed by atoms with Gasteiger partial charge in [0.2, 0.25) is 0 Å². The maximum atomic E-state index is 12.2. The fraction of sp³-hybridized carbons (Fsp3) is 0.143. The highest BCUT2D eigenvalue weighted by atomic mass is 16.6. The zero-order valence-electron chi connectivity index (χ0n) is 16.0. The van der Waals surface area contributed by atoms with Crippen LogP contribution in [0.15, 0.2) is 66.7 Å². The second-order valence-electron chi connectivity index (χ2n) is 6.32. The van der Waals surface area contributed by atoms with E-state index in [1.807, 2.05) is 36.4 Å². The molecule has 3 rings (SSSR count). The number of benzene rings is 3. The van der Waals surface area contributed by atoms with Gasteiger partial charge in [0.15, 0.2) is 18.5 Å². The first-order valence-corrected chi connectivity index (χ1v) is 9.04. The van der Waals surface area contributed by atoms with Crippen molar-refractivity contribution in [3.63, 3.8) is 0 Å². The van der Waals surface area contributed by atoms with Crippen molar-refractivity contribution in [1.82, 2.24) is 10.9 Å². The molecule has 0 aliphatic heterocycles.